The monoisotopic (exact) mass is 284 g/mol. The number of benzene rings is 1. The summed E-state index contributed by atoms with van der Waals surface area (Å²) < 4.78 is 32.9. The van der Waals surface area contributed by atoms with Gasteiger partial charge in [-0.15, -0.1) is 0 Å². The van der Waals surface area contributed by atoms with E-state index in [9.17, 15) is 8.42 Å². The van der Waals surface area contributed by atoms with Crippen molar-refractivity contribution in [2.75, 3.05) is 12.8 Å². The zero-order chi connectivity index (χ0) is 14.1. The van der Waals surface area contributed by atoms with E-state index in [1.54, 1.807) is 12.1 Å². The van der Waals surface area contributed by atoms with Crippen LogP contribution in [-0.2, 0) is 10.0 Å². The van der Waals surface area contributed by atoms with Crippen molar-refractivity contribution in [3.8, 4) is 5.75 Å². The van der Waals surface area contributed by atoms with Crippen LogP contribution in [0, 0.1) is 0 Å². The number of hydrogen-bond donors (Lipinski definition) is 2. The molecule has 1 saturated carbocycles. The van der Waals surface area contributed by atoms with Crippen molar-refractivity contribution in [2.45, 2.75) is 43.0 Å². The summed E-state index contributed by atoms with van der Waals surface area (Å²) in [6, 6.07) is 4.63. The Labute approximate surface area is 114 Å². The Morgan fingerprint density at radius 2 is 2.11 bits per heavy atom. The van der Waals surface area contributed by atoms with Gasteiger partial charge in [0.2, 0.25) is 10.0 Å². The molecule has 0 saturated heterocycles. The fourth-order valence-corrected chi connectivity index (χ4v) is 4.11. The van der Waals surface area contributed by atoms with E-state index in [2.05, 4.69) is 4.72 Å². The third-order valence-corrected chi connectivity index (χ3v) is 5.42. The van der Waals surface area contributed by atoms with E-state index in [1.807, 2.05) is 6.92 Å². The Morgan fingerprint density at radius 1 is 1.42 bits per heavy atom. The van der Waals surface area contributed by atoms with E-state index in [0.717, 1.165) is 25.7 Å². The summed E-state index contributed by atoms with van der Waals surface area (Å²) in [5.41, 5.74) is 5.78. The number of nitrogens with two attached hydrogens (primary N) is 1. The average molecular weight is 284 g/mol. The molecule has 5 nitrogen and oxygen atoms in total. The number of hydrogen-bond acceptors (Lipinski definition) is 4. The molecular weight excluding hydrogens is 264 g/mol. The summed E-state index contributed by atoms with van der Waals surface area (Å²) in [4.78, 5) is 0.106. The topological polar surface area (TPSA) is 81.4 Å². The highest BCUT2D eigenvalue weighted by atomic mass is 32.2. The van der Waals surface area contributed by atoms with Gasteiger partial charge >= 0.3 is 0 Å². The first-order valence-corrected chi connectivity index (χ1v) is 7.88. The number of nitrogens with one attached hydrogen (secondary N) is 1. The quantitative estimate of drug-likeness (QED) is 0.809. The molecule has 0 atom stereocenters. The van der Waals surface area contributed by atoms with E-state index in [-0.39, 0.29) is 10.4 Å². The summed E-state index contributed by atoms with van der Waals surface area (Å²) in [6.07, 6.45) is 3.61. The first kappa shape index (κ1) is 14.1. The van der Waals surface area contributed by atoms with Crippen LogP contribution in [0.3, 0.4) is 0 Å². The minimum atomic E-state index is -3.61. The Morgan fingerprint density at radius 3 is 2.58 bits per heavy atom. The van der Waals surface area contributed by atoms with Gasteiger partial charge in [0.15, 0.2) is 0 Å². The second-order valence-corrected chi connectivity index (χ2v) is 6.65. The molecule has 1 aromatic carbocycles. The van der Waals surface area contributed by atoms with Gasteiger partial charge < -0.3 is 10.5 Å². The minimum absolute atomic E-state index is 0.106. The highest BCUT2D eigenvalue weighted by Crippen LogP contribution is 2.37. The second kappa shape index (κ2) is 5.02. The SMILES string of the molecule is CCC1(NS(=O)(=O)c2cc(N)ccc2OC)CCC1. The second-order valence-electron chi connectivity index (χ2n) is 5.00. The molecule has 0 bridgehead atoms. The fourth-order valence-electron chi connectivity index (χ4n) is 2.37. The summed E-state index contributed by atoms with van der Waals surface area (Å²) in [6.45, 7) is 2.00. The summed E-state index contributed by atoms with van der Waals surface area (Å²) >= 11 is 0. The normalized spacial score (nSPS) is 17.8. The number of anilines is 1. The molecule has 1 aliphatic carbocycles. The molecule has 0 aromatic heterocycles. The van der Waals surface area contributed by atoms with Crippen molar-refractivity contribution in [2.24, 2.45) is 0 Å². The minimum Gasteiger partial charge on any atom is -0.495 e. The molecule has 106 valence electrons. The standard InChI is InChI=1S/C13H20N2O3S/c1-3-13(7-4-8-13)15-19(16,17)12-9-10(14)5-6-11(12)18-2/h5-6,9,15H,3-4,7-8,14H2,1-2H3. The summed E-state index contributed by atoms with van der Waals surface area (Å²) in [5.74, 6) is 0.312. The van der Waals surface area contributed by atoms with Crippen LogP contribution in [0.25, 0.3) is 0 Å². The summed E-state index contributed by atoms with van der Waals surface area (Å²) in [5, 5.41) is 0. The maximum absolute atomic E-state index is 12.5. The molecule has 0 unspecified atom stereocenters. The summed E-state index contributed by atoms with van der Waals surface area (Å²) in [7, 11) is -2.16. The number of sulfonamides is 1. The average Bonchev–Trinajstić information content (AvgIpc) is 2.34. The number of nitrogen functional groups attached to an aromatic ring is 1. The van der Waals surface area contributed by atoms with E-state index in [0.29, 0.717) is 11.4 Å². The molecule has 0 aliphatic heterocycles. The lowest BCUT2D eigenvalue weighted by Crippen LogP contribution is -2.52. The number of methoxy groups -OCH3 is 1. The lowest BCUT2D eigenvalue weighted by Gasteiger charge is -2.41. The predicted molar refractivity (Wildman–Crippen MR) is 74.6 cm³/mol. The van der Waals surface area contributed by atoms with Gasteiger partial charge in [-0.3, -0.25) is 0 Å². The number of rotatable bonds is 5. The first-order valence-electron chi connectivity index (χ1n) is 6.40. The van der Waals surface area contributed by atoms with Crippen LogP contribution < -0.4 is 15.2 Å². The molecular formula is C13H20N2O3S. The molecule has 0 amide bonds. The van der Waals surface area contributed by atoms with Gasteiger partial charge in [-0.05, 0) is 43.9 Å². The van der Waals surface area contributed by atoms with Crippen molar-refractivity contribution in [1.29, 1.82) is 0 Å². The van der Waals surface area contributed by atoms with Gasteiger partial charge in [0.25, 0.3) is 0 Å². The number of ether oxygens (including phenoxy) is 1. The molecule has 0 radical (unpaired) electrons. The van der Waals surface area contributed by atoms with Gasteiger partial charge in [-0.2, -0.15) is 0 Å². The highest BCUT2D eigenvalue weighted by molar-refractivity contribution is 7.89. The largest absolute Gasteiger partial charge is 0.495 e. The molecule has 1 fully saturated rings. The van der Waals surface area contributed by atoms with Crippen LogP contribution in [0.2, 0.25) is 0 Å². The lowest BCUT2D eigenvalue weighted by molar-refractivity contribution is 0.213. The smallest absolute Gasteiger partial charge is 0.244 e. The Bertz CT molecular complexity index is 560. The van der Waals surface area contributed by atoms with E-state index in [1.165, 1.54) is 13.2 Å². The van der Waals surface area contributed by atoms with Gasteiger partial charge in [-0.1, -0.05) is 6.92 Å². The molecule has 0 spiro atoms. The molecule has 19 heavy (non-hydrogen) atoms. The van der Waals surface area contributed by atoms with Crippen LogP contribution >= 0.6 is 0 Å². The van der Waals surface area contributed by atoms with Gasteiger partial charge in [0.05, 0.1) is 7.11 Å². The lowest BCUT2D eigenvalue weighted by atomic mass is 9.76. The van der Waals surface area contributed by atoms with Crippen molar-refractivity contribution >= 4 is 15.7 Å². The Balaban J connectivity index is 2.36. The molecule has 2 rings (SSSR count). The zero-order valence-electron chi connectivity index (χ0n) is 11.3. The van der Waals surface area contributed by atoms with Crippen LogP contribution in [0.4, 0.5) is 5.69 Å². The van der Waals surface area contributed by atoms with E-state index >= 15 is 0 Å². The van der Waals surface area contributed by atoms with Gasteiger partial charge in [0.1, 0.15) is 10.6 Å². The third-order valence-electron chi connectivity index (χ3n) is 3.82. The van der Waals surface area contributed by atoms with E-state index in [4.69, 9.17) is 10.5 Å². The third kappa shape index (κ3) is 2.69. The zero-order valence-corrected chi connectivity index (χ0v) is 12.1. The maximum atomic E-state index is 12.5. The van der Waals surface area contributed by atoms with Gasteiger partial charge in [0, 0.05) is 11.2 Å². The highest BCUT2D eigenvalue weighted by Gasteiger charge is 2.39. The Kier molecular flexibility index (Phi) is 3.73. The van der Waals surface area contributed by atoms with Crippen molar-refractivity contribution in [3.05, 3.63) is 18.2 Å². The van der Waals surface area contributed by atoms with Crippen LogP contribution in [-0.4, -0.2) is 21.1 Å². The van der Waals surface area contributed by atoms with Crippen LogP contribution in [0.5, 0.6) is 5.75 Å². The molecule has 1 aliphatic rings. The Hall–Kier alpha value is -1.27. The van der Waals surface area contributed by atoms with Crippen molar-refractivity contribution in [1.82, 2.24) is 4.72 Å². The van der Waals surface area contributed by atoms with Crippen LogP contribution in [0.1, 0.15) is 32.6 Å². The molecule has 3 N–H and O–H groups in total. The van der Waals surface area contributed by atoms with Crippen molar-refractivity contribution < 1.29 is 13.2 Å². The van der Waals surface area contributed by atoms with E-state index < -0.39 is 10.0 Å². The first-order chi connectivity index (χ1) is 8.92. The molecule has 6 heteroatoms. The predicted octanol–water partition coefficient (Wildman–Crippen LogP) is 1.89. The van der Waals surface area contributed by atoms with Crippen molar-refractivity contribution in [3.63, 3.8) is 0 Å². The van der Waals surface area contributed by atoms with Gasteiger partial charge in [-0.25, -0.2) is 13.1 Å². The molecule has 1 aromatic rings. The maximum Gasteiger partial charge on any atom is 0.244 e. The molecule has 0 heterocycles. The van der Waals surface area contributed by atoms with Crippen LogP contribution in [0.15, 0.2) is 23.1 Å². The fraction of sp³-hybridized carbons (Fsp3) is 0.538.